The number of hydrogen-bond donors (Lipinski definition) is 1. The summed E-state index contributed by atoms with van der Waals surface area (Å²) in [5.41, 5.74) is 0.781. The van der Waals surface area contributed by atoms with Crippen molar-refractivity contribution in [1.82, 2.24) is 4.90 Å². The zero-order valence-electron chi connectivity index (χ0n) is 14.7. The van der Waals surface area contributed by atoms with Crippen molar-refractivity contribution < 1.29 is 9.53 Å². The maximum atomic E-state index is 12.4. The molecule has 1 saturated heterocycles. The first-order valence-electron chi connectivity index (χ1n) is 8.56. The number of benzene rings is 1. The summed E-state index contributed by atoms with van der Waals surface area (Å²) in [7, 11) is 0. The molecule has 0 aliphatic carbocycles. The molecule has 0 unspecified atom stereocenters. The highest BCUT2D eigenvalue weighted by atomic mass is 32.1. The number of ketones is 1. The molecule has 1 aliphatic heterocycles. The Labute approximate surface area is 147 Å². The molecule has 0 saturated carbocycles. The minimum absolute atomic E-state index is 0.213. The van der Waals surface area contributed by atoms with Gasteiger partial charge in [-0.3, -0.25) is 9.69 Å². The number of morpholine rings is 1. The lowest BCUT2D eigenvalue weighted by Gasteiger charge is -2.26. The van der Waals surface area contributed by atoms with E-state index in [2.05, 4.69) is 28.4 Å². The molecule has 1 aromatic carbocycles. The minimum atomic E-state index is -0.333. The SMILES string of the molecule is CC(C)(C)C(=O)c1cc2cc(NCCN3CCOCC3)ccc2s1. The van der Waals surface area contributed by atoms with Gasteiger partial charge in [-0.15, -0.1) is 11.3 Å². The first-order chi connectivity index (χ1) is 11.4. The summed E-state index contributed by atoms with van der Waals surface area (Å²) in [4.78, 5) is 15.7. The van der Waals surface area contributed by atoms with Gasteiger partial charge in [-0.25, -0.2) is 0 Å². The van der Waals surface area contributed by atoms with Crippen molar-refractivity contribution >= 4 is 32.9 Å². The summed E-state index contributed by atoms with van der Waals surface area (Å²) in [5.74, 6) is 0.213. The third-order valence-corrected chi connectivity index (χ3v) is 5.40. The van der Waals surface area contributed by atoms with Crippen LogP contribution in [0.25, 0.3) is 10.1 Å². The van der Waals surface area contributed by atoms with Gasteiger partial charge in [0, 0.05) is 42.0 Å². The molecule has 5 heteroatoms. The van der Waals surface area contributed by atoms with Gasteiger partial charge in [0.1, 0.15) is 0 Å². The normalized spacial score (nSPS) is 16.5. The van der Waals surface area contributed by atoms with Crippen molar-refractivity contribution in [3.05, 3.63) is 29.1 Å². The van der Waals surface area contributed by atoms with E-state index in [4.69, 9.17) is 4.74 Å². The Balaban J connectivity index is 1.64. The predicted molar refractivity (Wildman–Crippen MR) is 101 cm³/mol. The molecule has 24 heavy (non-hydrogen) atoms. The number of anilines is 1. The zero-order valence-corrected chi connectivity index (χ0v) is 15.5. The standard InChI is InChI=1S/C19H26N2O2S/c1-19(2,3)18(22)17-13-14-12-15(4-5-16(14)24-17)20-6-7-21-8-10-23-11-9-21/h4-5,12-13,20H,6-11H2,1-3H3. The van der Waals surface area contributed by atoms with Crippen LogP contribution in [0.2, 0.25) is 0 Å². The highest BCUT2D eigenvalue weighted by Crippen LogP contribution is 2.32. The van der Waals surface area contributed by atoms with Crippen molar-refractivity contribution in [1.29, 1.82) is 0 Å². The number of nitrogens with zero attached hydrogens (tertiary/aromatic N) is 1. The van der Waals surface area contributed by atoms with Crippen LogP contribution in [0.5, 0.6) is 0 Å². The van der Waals surface area contributed by atoms with E-state index in [0.717, 1.165) is 55.3 Å². The van der Waals surface area contributed by atoms with Crippen LogP contribution in [-0.2, 0) is 4.74 Å². The minimum Gasteiger partial charge on any atom is -0.384 e. The van der Waals surface area contributed by atoms with Gasteiger partial charge in [0.15, 0.2) is 5.78 Å². The van der Waals surface area contributed by atoms with E-state index in [1.54, 1.807) is 11.3 Å². The summed E-state index contributed by atoms with van der Waals surface area (Å²) in [6, 6.07) is 8.38. The molecule has 130 valence electrons. The van der Waals surface area contributed by atoms with Crippen LogP contribution in [0, 0.1) is 5.41 Å². The van der Waals surface area contributed by atoms with Crippen LogP contribution < -0.4 is 5.32 Å². The fourth-order valence-electron chi connectivity index (χ4n) is 2.82. The van der Waals surface area contributed by atoms with Gasteiger partial charge in [0.05, 0.1) is 18.1 Å². The lowest BCUT2D eigenvalue weighted by Crippen LogP contribution is -2.38. The second-order valence-corrected chi connectivity index (χ2v) is 8.41. The van der Waals surface area contributed by atoms with Gasteiger partial charge < -0.3 is 10.1 Å². The van der Waals surface area contributed by atoms with Crippen molar-refractivity contribution in [2.45, 2.75) is 20.8 Å². The van der Waals surface area contributed by atoms with Gasteiger partial charge in [-0.1, -0.05) is 20.8 Å². The first kappa shape index (κ1) is 17.4. The Morgan fingerprint density at radius 1 is 1.25 bits per heavy atom. The van der Waals surface area contributed by atoms with Crippen LogP contribution in [0.15, 0.2) is 24.3 Å². The predicted octanol–water partition coefficient (Wildman–Crippen LogP) is 3.87. The zero-order chi connectivity index (χ0) is 17.2. The molecular formula is C19H26N2O2S. The Hall–Kier alpha value is -1.43. The van der Waals surface area contributed by atoms with Crippen molar-refractivity contribution in [2.24, 2.45) is 5.41 Å². The Morgan fingerprint density at radius 3 is 2.71 bits per heavy atom. The number of carbonyl (C=O) groups excluding carboxylic acids is 1. The number of nitrogens with one attached hydrogen (secondary N) is 1. The van der Waals surface area contributed by atoms with E-state index in [0.29, 0.717) is 0 Å². The highest BCUT2D eigenvalue weighted by Gasteiger charge is 2.24. The summed E-state index contributed by atoms with van der Waals surface area (Å²) >= 11 is 1.59. The summed E-state index contributed by atoms with van der Waals surface area (Å²) in [6.45, 7) is 11.6. The molecule has 0 amide bonds. The van der Waals surface area contributed by atoms with E-state index in [1.807, 2.05) is 26.8 Å². The molecule has 1 aromatic heterocycles. The molecule has 2 aromatic rings. The third kappa shape index (κ3) is 4.15. The number of Topliss-reactive ketones (excluding diaryl/α,β-unsaturated/α-hetero) is 1. The van der Waals surface area contributed by atoms with Gasteiger partial charge in [0.25, 0.3) is 0 Å². The van der Waals surface area contributed by atoms with Crippen LogP contribution in [-0.4, -0.2) is 50.1 Å². The third-order valence-electron chi connectivity index (χ3n) is 4.28. The quantitative estimate of drug-likeness (QED) is 0.835. The molecule has 1 N–H and O–H groups in total. The second kappa shape index (κ2) is 7.21. The highest BCUT2D eigenvalue weighted by molar-refractivity contribution is 7.20. The molecule has 0 atom stereocenters. The van der Waals surface area contributed by atoms with Crippen molar-refractivity contribution in [2.75, 3.05) is 44.7 Å². The van der Waals surface area contributed by atoms with Crippen LogP contribution in [0.3, 0.4) is 0 Å². The number of thiophene rings is 1. The van der Waals surface area contributed by atoms with E-state index in [9.17, 15) is 4.79 Å². The molecule has 1 fully saturated rings. The molecule has 3 rings (SSSR count). The van der Waals surface area contributed by atoms with E-state index >= 15 is 0 Å². The fourth-order valence-corrected chi connectivity index (χ4v) is 4.01. The van der Waals surface area contributed by atoms with Crippen LogP contribution >= 0.6 is 11.3 Å². The van der Waals surface area contributed by atoms with Gasteiger partial charge in [-0.2, -0.15) is 0 Å². The smallest absolute Gasteiger partial charge is 0.178 e. The number of ether oxygens (including phenoxy) is 1. The topological polar surface area (TPSA) is 41.6 Å². The maximum absolute atomic E-state index is 12.4. The molecule has 2 heterocycles. The van der Waals surface area contributed by atoms with Gasteiger partial charge >= 0.3 is 0 Å². The number of fused-ring (bicyclic) bond motifs is 1. The largest absolute Gasteiger partial charge is 0.384 e. The van der Waals surface area contributed by atoms with E-state index in [1.165, 1.54) is 4.70 Å². The maximum Gasteiger partial charge on any atom is 0.178 e. The van der Waals surface area contributed by atoms with Crippen molar-refractivity contribution in [3.8, 4) is 0 Å². The summed E-state index contributed by atoms with van der Waals surface area (Å²) < 4.78 is 6.54. The molecule has 0 bridgehead atoms. The Bertz CT molecular complexity index is 712. The Kier molecular flexibility index (Phi) is 5.23. The van der Waals surface area contributed by atoms with E-state index in [-0.39, 0.29) is 11.2 Å². The van der Waals surface area contributed by atoms with Gasteiger partial charge in [0.2, 0.25) is 0 Å². The second-order valence-electron chi connectivity index (χ2n) is 7.32. The number of rotatable bonds is 5. The van der Waals surface area contributed by atoms with Crippen LogP contribution in [0.1, 0.15) is 30.4 Å². The molecular weight excluding hydrogens is 320 g/mol. The summed E-state index contributed by atoms with van der Waals surface area (Å²) in [6.07, 6.45) is 0. The fraction of sp³-hybridized carbons (Fsp3) is 0.526. The molecule has 1 aliphatic rings. The van der Waals surface area contributed by atoms with Crippen molar-refractivity contribution in [3.63, 3.8) is 0 Å². The monoisotopic (exact) mass is 346 g/mol. The number of hydrogen-bond acceptors (Lipinski definition) is 5. The average molecular weight is 346 g/mol. The average Bonchev–Trinajstić information content (AvgIpc) is 2.97. The summed E-state index contributed by atoms with van der Waals surface area (Å²) in [5, 5.41) is 4.63. The number of carbonyl (C=O) groups is 1. The van der Waals surface area contributed by atoms with E-state index < -0.39 is 0 Å². The molecule has 0 spiro atoms. The lowest BCUT2D eigenvalue weighted by atomic mass is 9.90. The lowest BCUT2D eigenvalue weighted by molar-refractivity contribution is 0.0398. The first-order valence-corrected chi connectivity index (χ1v) is 9.37. The molecule has 4 nitrogen and oxygen atoms in total. The molecule has 0 radical (unpaired) electrons. The van der Waals surface area contributed by atoms with Crippen LogP contribution in [0.4, 0.5) is 5.69 Å². The Morgan fingerprint density at radius 2 is 2.00 bits per heavy atom. The van der Waals surface area contributed by atoms with Gasteiger partial charge in [-0.05, 0) is 29.7 Å².